The lowest BCUT2D eigenvalue weighted by Gasteiger charge is -2.36. The van der Waals surface area contributed by atoms with Gasteiger partial charge in [-0.25, -0.2) is 4.98 Å². The van der Waals surface area contributed by atoms with E-state index in [9.17, 15) is 0 Å². The fourth-order valence-corrected chi connectivity index (χ4v) is 4.56. The molecule has 2 saturated heterocycles. The molecule has 2 aliphatic heterocycles. The van der Waals surface area contributed by atoms with Crippen LogP contribution < -0.4 is 10.2 Å². The van der Waals surface area contributed by atoms with Crippen molar-refractivity contribution in [3.8, 4) is 0 Å². The van der Waals surface area contributed by atoms with E-state index >= 15 is 0 Å². The highest BCUT2D eigenvalue weighted by Gasteiger charge is 2.37. The van der Waals surface area contributed by atoms with Crippen molar-refractivity contribution in [3.05, 3.63) is 5.82 Å². The molecule has 3 fully saturated rings. The molecule has 4 nitrogen and oxygen atoms in total. The van der Waals surface area contributed by atoms with Crippen molar-refractivity contribution < 1.29 is 0 Å². The number of rotatable bonds is 4. The summed E-state index contributed by atoms with van der Waals surface area (Å²) in [4.78, 5) is 7.31. The van der Waals surface area contributed by atoms with Gasteiger partial charge in [0.15, 0.2) is 0 Å². The maximum Gasteiger partial charge on any atom is 0.205 e. The van der Waals surface area contributed by atoms with Gasteiger partial charge in [-0.3, -0.25) is 0 Å². The molecule has 2 bridgehead atoms. The summed E-state index contributed by atoms with van der Waals surface area (Å²) in [5.74, 6) is 1.78. The first kappa shape index (κ1) is 12.1. The Morgan fingerprint density at radius 2 is 1.95 bits per heavy atom. The summed E-state index contributed by atoms with van der Waals surface area (Å²) in [7, 11) is 0. The van der Waals surface area contributed by atoms with Crippen LogP contribution in [0.1, 0.15) is 57.2 Å². The average molecular weight is 278 g/mol. The Bertz CT molecular complexity index is 444. The van der Waals surface area contributed by atoms with E-state index in [0.717, 1.165) is 29.6 Å². The summed E-state index contributed by atoms with van der Waals surface area (Å²) in [5.41, 5.74) is 0. The summed E-state index contributed by atoms with van der Waals surface area (Å²) in [5, 5.41) is 4.89. The second-order valence-electron chi connectivity index (χ2n) is 6.26. The average Bonchev–Trinajstić information content (AvgIpc) is 3.07. The highest BCUT2D eigenvalue weighted by atomic mass is 32.1. The van der Waals surface area contributed by atoms with E-state index in [2.05, 4.69) is 21.5 Å². The van der Waals surface area contributed by atoms with Crippen molar-refractivity contribution in [1.82, 2.24) is 14.7 Å². The molecule has 1 aliphatic carbocycles. The molecule has 0 spiro atoms. The second-order valence-corrected chi connectivity index (χ2v) is 6.99. The van der Waals surface area contributed by atoms with Crippen LogP contribution in [0, 0.1) is 0 Å². The van der Waals surface area contributed by atoms with Crippen LogP contribution in [-0.2, 0) is 0 Å². The number of nitrogens with zero attached hydrogens (tertiary/aromatic N) is 3. The zero-order valence-corrected chi connectivity index (χ0v) is 12.3. The van der Waals surface area contributed by atoms with Crippen LogP contribution in [0.2, 0.25) is 0 Å². The molecule has 4 rings (SSSR count). The molecule has 0 radical (unpaired) electrons. The molecule has 0 aromatic carbocycles. The number of hydrogen-bond acceptors (Lipinski definition) is 5. The van der Waals surface area contributed by atoms with Crippen LogP contribution >= 0.6 is 11.5 Å². The fourth-order valence-electron chi connectivity index (χ4n) is 3.68. The summed E-state index contributed by atoms with van der Waals surface area (Å²) in [6.45, 7) is 3.31. The van der Waals surface area contributed by atoms with Gasteiger partial charge in [0.25, 0.3) is 0 Å². The molecule has 1 saturated carbocycles. The largest absolute Gasteiger partial charge is 0.344 e. The van der Waals surface area contributed by atoms with E-state index in [0.29, 0.717) is 12.0 Å². The van der Waals surface area contributed by atoms with Gasteiger partial charge in [-0.2, -0.15) is 4.37 Å². The summed E-state index contributed by atoms with van der Waals surface area (Å²) in [6.07, 6.45) is 7.87. The number of fused-ring (bicyclic) bond motifs is 2. The Balaban J connectivity index is 1.52. The third kappa shape index (κ3) is 2.27. The van der Waals surface area contributed by atoms with Gasteiger partial charge < -0.3 is 10.2 Å². The molecule has 19 heavy (non-hydrogen) atoms. The minimum Gasteiger partial charge on any atom is -0.344 e. The van der Waals surface area contributed by atoms with Gasteiger partial charge in [0.1, 0.15) is 5.82 Å². The maximum absolute atomic E-state index is 4.80. The van der Waals surface area contributed by atoms with Gasteiger partial charge in [-0.05, 0) is 45.4 Å². The Labute approximate surface area is 118 Å². The summed E-state index contributed by atoms with van der Waals surface area (Å²) >= 11 is 1.61. The molecule has 3 aliphatic rings. The normalized spacial score (nSPS) is 33.6. The SMILES string of the molecule is CCN(c1nc(C2CC2)ns1)C1CC2CCC(C1)N2. The van der Waals surface area contributed by atoms with Crippen LogP contribution in [0.3, 0.4) is 0 Å². The molecule has 1 aromatic heterocycles. The summed E-state index contributed by atoms with van der Waals surface area (Å²) < 4.78 is 4.57. The van der Waals surface area contributed by atoms with Crippen LogP contribution in [0.15, 0.2) is 0 Å². The van der Waals surface area contributed by atoms with Crippen molar-refractivity contribution in [1.29, 1.82) is 0 Å². The van der Waals surface area contributed by atoms with Crippen LogP contribution in [-0.4, -0.2) is 34.0 Å². The van der Waals surface area contributed by atoms with Gasteiger partial charge in [0, 0.05) is 42.1 Å². The molecule has 3 heterocycles. The van der Waals surface area contributed by atoms with Crippen molar-refractivity contribution >= 4 is 16.7 Å². The molecule has 2 atom stereocenters. The first-order chi connectivity index (χ1) is 9.33. The Kier molecular flexibility index (Phi) is 2.99. The highest BCUT2D eigenvalue weighted by molar-refractivity contribution is 7.09. The van der Waals surface area contributed by atoms with E-state index < -0.39 is 0 Å². The number of piperidine rings is 1. The number of hydrogen-bond donors (Lipinski definition) is 1. The standard InChI is InChI=1S/C14H22N4S/c1-2-18(12-7-10-5-6-11(8-12)15-10)14-16-13(17-19-14)9-3-4-9/h9-12,15H,2-8H2,1H3. The number of anilines is 1. The summed E-state index contributed by atoms with van der Waals surface area (Å²) in [6, 6.07) is 2.16. The maximum atomic E-state index is 4.80. The first-order valence-corrected chi connectivity index (χ1v) is 8.47. The molecule has 1 N–H and O–H groups in total. The fraction of sp³-hybridized carbons (Fsp3) is 0.857. The van der Waals surface area contributed by atoms with Gasteiger partial charge in [0.2, 0.25) is 5.13 Å². The third-order valence-electron chi connectivity index (χ3n) is 4.85. The molecule has 104 valence electrons. The van der Waals surface area contributed by atoms with E-state index in [-0.39, 0.29) is 0 Å². The third-order valence-corrected chi connectivity index (χ3v) is 5.62. The van der Waals surface area contributed by atoms with Crippen molar-refractivity contribution in [2.75, 3.05) is 11.4 Å². The molecule has 2 unspecified atom stereocenters. The minimum absolute atomic E-state index is 0.670. The smallest absolute Gasteiger partial charge is 0.205 e. The quantitative estimate of drug-likeness (QED) is 0.919. The lowest BCUT2D eigenvalue weighted by molar-refractivity contribution is 0.349. The van der Waals surface area contributed by atoms with Gasteiger partial charge in [-0.1, -0.05) is 0 Å². The lowest BCUT2D eigenvalue weighted by atomic mass is 9.98. The minimum atomic E-state index is 0.670. The number of aromatic nitrogens is 2. The van der Waals surface area contributed by atoms with E-state index in [1.807, 2.05) is 0 Å². The van der Waals surface area contributed by atoms with Crippen molar-refractivity contribution in [3.63, 3.8) is 0 Å². The predicted octanol–water partition coefficient (Wildman–Crippen LogP) is 2.52. The zero-order chi connectivity index (χ0) is 12.8. The molecular formula is C14H22N4S. The Morgan fingerprint density at radius 1 is 1.21 bits per heavy atom. The topological polar surface area (TPSA) is 41.1 Å². The van der Waals surface area contributed by atoms with Crippen LogP contribution in [0.4, 0.5) is 5.13 Å². The van der Waals surface area contributed by atoms with Gasteiger partial charge in [0.05, 0.1) is 0 Å². The van der Waals surface area contributed by atoms with Crippen LogP contribution in [0.25, 0.3) is 0 Å². The Morgan fingerprint density at radius 3 is 2.58 bits per heavy atom. The second kappa shape index (κ2) is 4.70. The zero-order valence-electron chi connectivity index (χ0n) is 11.5. The van der Waals surface area contributed by atoms with Gasteiger partial charge in [-0.15, -0.1) is 0 Å². The van der Waals surface area contributed by atoms with E-state index in [1.165, 1.54) is 38.5 Å². The molecular weight excluding hydrogens is 256 g/mol. The van der Waals surface area contributed by atoms with E-state index in [4.69, 9.17) is 4.98 Å². The van der Waals surface area contributed by atoms with Crippen molar-refractivity contribution in [2.24, 2.45) is 0 Å². The van der Waals surface area contributed by atoms with E-state index in [1.54, 1.807) is 11.5 Å². The first-order valence-electron chi connectivity index (χ1n) is 7.69. The van der Waals surface area contributed by atoms with Crippen LogP contribution in [0.5, 0.6) is 0 Å². The number of nitrogens with one attached hydrogen (secondary N) is 1. The lowest BCUT2D eigenvalue weighted by Crippen LogP contribution is -2.48. The molecule has 0 amide bonds. The predicted molar refractivity (Wildman–Crippen MR) is 77.9 cm³/mol. The molecule has 5 heteroatoms. The van der Waals surface area contributed by atoms with Crippen molar-refractivity contribution in [2.45, 2.75) is 69.5 Å². The molecule has 1 aromatic rings. The highest BCUT2D eigenvalue weighted by Crippen LogP contribution is 2.40. The van der Waals surface area contributed by atoms with Gasteiger partial charge >= 0.3 is 0 Å². The monoisotopic (exact) mass is 278 g/mol. The Hall–Kier alpha value is -0.680.